The van der Waals surface area contributed by atoms with Crippen LogP contribution in [-0.2, 0) is 170 Å². The molecule has 0 unspecified atom stereocenters. The summed E-state index contributed by atoms with van der Waals surface area (Å²) in [6, 6.07) is -8.53. The number of hydrogen-bond acceptors (Lipinski definition) is 44. The van der Waals surface area contributed by atoms with Gasteiger partial charge in [0.2, 0.25) is 12.0 Å². The third kappa shape index (κ3) is 23.7. The lowest BCUT2D eigenvalue weighted by atomic mass is 9.94. The Labute approximate surface area is 568 Å². The van der Waals surface area contributed by atoms with Crippen LogP contribution in [0, 0.1) is 0 Å². The molecule has 0 spiro atoms. The molecule has 0 saturated carbocycles. The smallest absolute Gasteiger partial charge is 0.397 e. The average Bonchev–Trinajstić information content (AvgIpc) is 0.764. The minimum atomic E-state index is -6.30. The van der Waals surface area contributed by atoms with Gasteiger partial charge in [0.15, 0.2) is 61.6 Å². The van der Waals surface area contributed by atoms with Crippen LogP contribution in [0.2, 0.25) is 0 Å². The first-order valence-corrected chi connectivity index (χ1v) is 37.6. The van der Waals surface area contributed by atoms with Crippen molar-refractivity contribution >= 4 is 101 Å². The molecule has 6 heterocycles. The van der Waals surface area contributed by atoms with Gasteiger partial charge in [-0.15, -0.1) is 0 Å². The molecule has 58 nitrogen and oxygen atoms in total. The highest BCUT2D eigenvalue weighted by Crippen LogP contribution is 2.39. The molecule has 5 fully saturated rings. The second kappa shape index (κ2) is 32.8. The molecule has 28 atom stereocenters. The quantitative estimate of drug-likeness (QED) is 0.0278. The molecular weight excluding hydrogens is 1610 g/mol. The highest BCUT2D eigenvalue weighted by molar-refractivity contribution is 7.84. The van der Waals surface area contributed by atoms with E-state index in [2.05, 4.69) is 20.9 Å². The predicted molar refractivity (Wildman–Crippen MR) is 290 cm³/mol. The number of carbonyl (C=O) groups is 3. The Morgan fingerprint density at radius 2 is 0.696 bits per heavy atom. The lowest BCUT2D eigenvalue weighted by Gasteiger charge is -2.50. The van der Waals surface area contributed by atoms with Crippen molar-refractivity contribution in [2.75, 3.05) is 19.8 Å². The van der Waals surface area contributed by atoms with Crippen LogP contribution in [0.3, 0.4) is 0 Å². The second-order valence-corrected chi connectivity index (χ2v) is 30.0. The van der Waals surface area contributed by atoms with Gasteiger partial charge in [-0.2, -0.15) is 81.5 Å². The summed E-state index contributed by atoms with van der Waals surface area (Å²) in [6.07, 6.45) is -74.3. The predicted octanol–water partition coefficient (Wildman–Crippen LogP) is -15.4. The zero-order valence-corrected chi connectivity index (χ0v) is 55.3. The van der Waals surface area contributed by atoms with Gasteiger partial charge in [0.05, 0.1) is 19.8 Å². The molecule has 66 heteroatoms. The van der Waals surface area contributed by atoms with Crippen LogP contribution in [-0.4, -0.2) is 375 Å². The first-order chi connectivity index (χ1) is 46.2. The number of rotatable bonds is 32. The van der Waals surface area contributed by atoms with Gasteiger partial charge in [0, 0.05) is 0 Å². The van der Waals surface area contributed by atoms with E-state index in [1.807, 2.05) is 0 Å². The SMILES string of the molecule is O=C(O)C1=C(O)[C@H](O)[C@@H](OS(=O)(=O)O)[C@H](O[C@H]2[C@H](O)[C@@H](NS(=O)(=O)O)[C@@H](O[C@H]3[C@H](O)[C@@H](OS(=O)(=O)O)[C@H](O[C@H]4[C@H](O)[C@@H](NS(=O)(=O)O)[C@@H](O[C@H]5[C@H](O)[C@@H](O)[C@H](O[C@H]6[C@H](O)[C@@H](NS(=O)(=O)O)[C@@H](O)O[C@@H]6COS(=O)(=O)O)O[C@@H]5C(=O)O)O[C@@H]4COS(=O)(=O)O)O[C@H]3C(=O)O)O[C@@H]2COS(=O)(=O)O)O1. The van der Waals surface area contributed by atoms with Gasteiger partial charge >= 0.3 is 101 Å². The van der Waals surface area contributed by atoms with Gasteiger partial charge in [-0.1, -0.05) is 0 Å². The summed E-state index contributed by atoms with van der Waals surface area (Å²) in [5.41, 5.74) is 0. The zero-order chi connectivity index (χ0) is 77.6. The molecule has 0 bridgehead atoms. The molecule has 0 amide bonds. The first-order valence-electron chi connectivity index (χ1n) is 26.4. The fourth-order valence-corrected chi connectivity index (χ4v) is 13.7. The van der Waals surface area contributed by atoms with E-state index in [-0.39, 0.29) is 0 Å². The van der Waals surface area contributed by atoms with E-state index in [1.54, 1.807) is 0 Å². The number of aliphatic hydroxyl groups is 9. The lowest BCUT2D eigenvalue weighted by Crippen LogP contribution is -2.71. The normalized spacial score (nSPS) is 38.8. The Kier molecular flexibility index (Phi) is 28.0. The van der Waals surface area contributed by atoms with Crippen molar-refractivity contribution in [3.05, 3.63) is 11.5 Å². The number of aliphatic carboxylic acids is 3. The summed E-state index contributed by atoms with van der Waals surface area (Å²) in [7, 11) is -46.9. The van der Waals surface area contributed by atoms with Crippen molar-refractivity contribution in [3.63, 3.8) is 0 Å². The Balaban J connectivity index is 1.37. The van der Waals surface area contributed by atoms with E-state index in [1.165, 1.54) is 9.44 Å². The van der Waals surface area contributed by atoms with Crippen molar-refractivity contribution in [2.45, 2.75) is 172 Å². The van der Waals surface area contributed by atoms with Crippen LogP contribution in [0.25, 0.3) is 0 Å². The van der Waals surface area contributed by atoms with Gasteiger partial charge in [-0.3, -0.25) is 36.4 Å². The minimum absolute atomic E-state index is 1.15. The number of aliphatic hydroxyl groups excluding tert-OH is 9. The molecule has 594 valence electrons. The van der Waals surface area contributed by atoms with Crippen molar-refractivity contribution in [2.24, 2.45) is 0 Å². The lowest BCUT2D eigenvalue weighted by molar-refractivity contribution is -0.375. The van der Waals surface area contributed by atoms with Crippen LogP contribution in [0.5, 0.6) is 0 Å². The standard InChI is InChI=1S/C36H57N3O55S8/c40-10-7(37-95(55,56)57)31(54)82-4(1-79-98(64,65)66)18(10)85-34-16(46)15(45)21(26(91-34)29(50)51)88-32-8(38-96(58,59)60)11(41)20(6(83-32)3-81-100(70,71)72)87-36-25(94-102(76,77)78)17(47)22(27(92-36)30(52)53)89-33-9(39-97(61,62)63)12(42)19(5(84-33)2-80-99(67,68)69)86-35-24(93-101(73,74)75)14(44)13(43)23(90-35)28(48)49/h4-12,14-22,24-27,31-47,54H,1-3H2,(H,48,49)(H,50,51)(H,52,53)(H,55,56,57)(H,58,59,60)(H,61,62,63)(H,64,65,66)(H,67,68,69)(H,70,71,72)(H,73,74,75)(H,76,77,78)/t4-,5-,6-,7-,8-,9-,10-,11-,12-,14+,15-,16-,17+,18-,19-,20-,21+,22+,24-,25-,26+,27-,31+,32-,33-,34-,35-,36-/m1/s1. The molecule has 23 N–H and O–H groups in total. The van der Waals surface area contributed by atoms with Crippen molar-refractivity contribution in [3.8, 4) is 0 Å². The molecule has 0 aromatic heterocycles. The molecule has 0 aromatic carbocycles. The largest absolute Gasteiger partial charge is 0.506 e. The van der Waals surface area contributed by atoms with Crippen molar-refractivity contribution in [1.82, 2.24) is 14.2 Å². The molecule has 6 aliphatic rings. The number of hydrogen-bond donors (Lipinski definition) is 23. The number of ether oxygens (including phenoxy) is 11. The topological polar surface area (TPSA) is 913 Å². The van der Waals surface area contributed by atoms with Gasteiger partial charge < -0.3 is 113 Å². The third-order valence-corrected chi connectivity index (χ3v) is 18.0. The van der Waals surface area contributed by atoms with Crippen LogP contribution in [0.15, 0.2) is 11.5 Å². The molecule has 6 rings (SSSR count). The van der Waals surface area contributed by atoms with Crippen molar-refractivity contribution < 1.29 is 252 Å². The summed E-state index contributed by atoms with van der Waals surface area (Å²) in [4.78, 5) is 37.9. The maximum absolute atomic E-state index is 13.1. The molecule has 102 heavy (non-hydrogen) atoms. The fourth-order valence-electron chi connectivity index (χ4n) is 10.1. The summed E-state index contributed by atoms with van der Waals surface area (Å²) in [5.74, 6) is -10.9. The second-order valence-electron chi connectivity index (χ2n) is 21.0. The highest BCUT2D eigenvalue weighted by atomic mass is 32.3. The van der Waals surface area contributed by atoms with E-state index in [0.717, 1.165) is 4.72 Å². The fraction of sp³-hybridized carbons (Fsp3) is 0.861. The summed E-state index contributed by atoms with van der Waals surface area (Å²) >= 11 is 0. The maximum atomic E-state index is 13.1. The minimum Gasteiger partial charge on any atom is -0.506 e. The van der Waals surface area contributed by atoms with Crippen LogP contribution < -0.4 is 14.2 Å². The molecule has 5 saturated heterocycles. The van der Waals surface area contributed by atoms with Gasteiger partial charge in [-0.05, 0) is 0 Å². The highest BCUT2D eigenvalue weighted by Gasteiger charge is 2.61. The molecule has 0 aliphatic carbocycles. The van der Waals surface area contributed by atoms with Crippen LogP contribution in [0.4, 0.5) is 0 Å². The van der Waals surface area contributed by atoms with Crippen LogP contribution >= 0.6 is 0 Å². The van der Waals surface area contributed by atoms with Gasteiger partial charge in [-0.25, -0.2) is 35.3 Å². The first kappa shape index (κ1) is 86.9. The Morgan fingerprint density at radius 3 is 1.07 bits per heavy atom. The Bertz CT molecular complexity index is 3990. The van der Waals surface area contributed by atoms with Gasteiger partial charge in [0.25, 0.3) is 0 Å². The molecule has 0 aromatic rings. The molecule has 0 radical (unpaired) electrons. The Hall–Kier alpha value is -4.01. The average molecular weight is 1670 g/mol. The molecular formula is C36H57N3O55S8. The third-order valence-electron chi connectivity index (χ3n) is 14.0. The Morgan fingerprint density at radius 1 is 0.363 bits per heavy atom. The van der Waals surface area contributed by atoms with E-state index < -0.39 is 304 Å². The van der Waals surface area contributed by atoms with Crippen LogP contribution in [0.1, 0.15) is 0 Å². The van der Waals surface area contributed by atoms with E-state index in [0.29, 0.717) is 0 Å². The van der Waals surface area contributed by atoms with E-state index >= 15 is 0 Å². The zero-order valence-electron chi connectivity index (χ0n) is 48.8. The van der Waals surface area contributed by atoms with Gasteiger partial charge in [0.1, 0.15) is 110 Å². The summed E-state index contributed by atoms with van der Waals surface area (Å²) in [6.45, 7) is -5.37. The monoisotopic (exact) mass is 1670 g/mol. The number of nitrogens with one attached hydrogen (secondary N) is 3. The summed E-state index contributed by atoms with van der Waals surface area (Å²) < 4.78 is 351. The number of carboxylic acid groups (broad SMARTS) is 3. The number of carboxylic acids is 3. The van der Waals surface area contributed by atoms with Crippen molar-refractivity contribution in [1.29, 1.82) is 0 Å². The summed E-state index contributed by atoms with van der Waals surface area (Å²) in [5, 5.41) is 131. The maximum Gasteiger partial charge on any atom is 0.397 e. The molecule has 6 aliphatic heterocycles. The van der Waals surface area contributed by atoms with E-state index in [4.69, 9.17) is 56.7 Å². The van der Waals surface area contributed by atoms with E-state index in [9.17, 15) is 175 Å².